The Bertz CT molecular complexity index is 1140. The number of carbonyl (C=O) groups is 1. The molecule has 0 aromatic rings. The van der Waals surface area contributed by atoms with Gasteiger partial charge in [-0.3, -0.25) is 4.79 Å². The van der Waals surface area contributed by atoms with E-state index in [1.165, 1.54) is 38.5 Å². The second kappa shape index (κ2) is 37.6. The summed E-state index contributed by atoms with van der Waals surface area (Å²) in [5, 5.41) is 75.6. The van der Waals surface area contributed by atoms with Crippen LogP contribution in [0.25, 0.3) is 0 Å². The Hall–Kier alpha value is -2.19. The van der Waals surface area contributed by atoms with Crippen LogP contribution in [-0.4, -0.2) is 110 Å². The first kappa shape index (κ1) is 54.8. The van der Waals surface area contributed by atoms with Crippen molar-refractivity contribution in [1.82, 2.24) is 5.32 Å². The van der Waals surface area contributed by atoms with Crippen molar-refractivity contribution in [3.63, 3.8) is 0 Å². The molecule has 11 heteroatoms. The summed E-state index contributed by atoms with van der Waals surface area (Å²) in [4.78, 5) is 13.1. The smallest absolute Gasteiger partial charge is 0.249 e. The van der Waals surface area contributed by atoms with Crippen LogP contribution in [0.3, 0.4) is 0 Å². The molecule has 9 atom stereocenters. The average molecular weight is 836 g/mol. The summed E-state index contributed by atoms with van der Waals surface area (Å²) in [7, 11) is 0. The molecule has 1 amide bonds. The maximum Gasteiger partial charge on any atom is 0.249 e. The molecule has 0 aliphatic carbocycles. The first-order valence-electron chi connectivity index (χ1n) is 23.2. The normalized spacial score (nSPS) is 22.4. The van der Waals surface area contributed by atoms with Crippen LogP contribution in [0.4, 0.5) is 0 Å². The highest BCUT2D eigenvalue weighted by Gasteiger charge is 2.44. The van der Waals surface area contributed by atoms with Crippen molar-refractivity contribution in [2.24, 2.45) is 0 Å². The summed E-state index contributed by atoms with van der Waals surface area (Å²) >= 11 is 0. The van der Waals surface area contributed by atoms with Crippen LogP contribution < -0.4 is 5.32 Å². The number of carbonyl (C=O) groups excluding carboxylic acids is 1. The van der Waals surface area contributed by atoms with Gasteiger partial charge in [-0.25, -0.2) is 0 Å². The largest absolute Gasteiger partial charge is 0.394 e. The molecule has 1 saturated heterocycles. The molecule has 0 aromatic carbocycles. The van der Waals surface area contributed by atoms with Gasteiger partial charge in [0.15, 0.2) is 6.29 Å². The fraction of sp³-hybridized carbons (Fsp3) is 0.771. The van der Waals surface area contributed by atoms with E-state index in [9.17, 15) is 40.5 Å². The van der Waals surface area contributed by atoms with Gasteiger partial charge in [0.1, 0.15) is 36.6 Å². The first-order chi connectivity index (χ1) is 28.7. The Morgan fingerprint density at radius 1 is 0.593 bits per heavy atom. The van der Waals surface area contributed by atoms with Crippen molar-refractivity contribution in [3.05, 3.63) is 60.8 Å². The topological polar surface area (TPSA) is 189 Å². The molecule has 1 aliphatic rings. The Labute approximate surface area is 357 Å². The van der Waals surface area contributed by atoms with E-state index in [0.717, 1.165) is 83.5 Å². The van der Waals surface area contributed by atoms with Crippen LogP contribution in [0.5, 0.6) is 0 Å². The Balaban J connectivity index is 2.52. The van der Waals surface area contributed by atoms with E-state index in [0.29, 0.717) is 19.3 Å². The van der Waals surface area contributed by atoms with Gasteiger partial charge in [0, 0.05) is 0 Å². The molecule has 1 rings (SSSR count). The van der Waals surface area contributed by atoms with Gasteiger partial charge >= 0.3 is 0 Å². The molecule has 1 heterocycles. The van der Waals surface area contributed by atoms with Gasteiger partial charge in [-0.1, -0.05) is 132 Å². The molecule has 0 spiro atoms. The second-order valence-corrected chi connectivity index (χ2v) is 16.1. The number of hydrogen-bond donors (Lipinski definition) is 8. The minimum absolute atomic E-state index is 0.234. The molecule has 8 N–H and O–H groups in total. The third-order valence-corrected chi connectivity index (χ3v) is 10.7. The van der Waals surface area contributed by atoms with Crippen LogP contribution in [-0.2, 0) is 14.3 Å². The lowest BCUT2D eigenvalue weighted by molar-refractivity contribution is -0.303. The lowest BCUT2D eigenvalue weighted by Gasteiger charge is -2.40. The van der Waals surface area contributed by atoms with Crippen LogP contribution >= 0.6 is 0 Å². The fourth-order valence-corrected chi connectivity index (χ4v) is 6.85. The van der Waals surface area contributed by atoms with Gasteiger partial charge in [0.25, 0.3) is 0 Å². The lowest BCUT2D eigenvalue weighted by Crippen LogP contribution is -2.60. The summed E-state index contributed by atoms with van der Waals surface area (Å²) in [6, 6.07) is -1.20. The zero-order valence-corrected chi connectivity index (χ0v) is 36.7. The fourth-order valence-electron chi connectivity index (χ4n) is 6.85. The third kappa shape index (κ3) is 27.4. The maximum atomic E-state index is 13.1. The van der Waals surface area contributed by atoms with Crippen LogP contribution in [0, 0.1) is 0 Å². The molecule has 0 aromatic heterocycles. The van der Waals surface area contributed by atoms with Crippen LogP contribution in [0.2, 0.25) is 0 Å². The highest BCUT2D eigenvalue weighted by Crippen LogP contribution is 2.23. The molecule has 11 nitrogen and oxygen atoms in total. The molecule has 1 aliphatic heterocycles. The highest BCUT2D eigenvalue weighted by atomic mass is 16.7. The van der Waals surface area contributed by atoms with Crippen LogP contribution in [0.1, 0.15) is 168 Å². The number of rotatable bonds is 37. The number of aliphatic hydroxyl groups is 7. The molecule has 9 unspecified atom stereocenters. The maximum absolute atomic E-state index is 13.1. The van der Waals surface area contributed by atoms with Crippen molar-refractivity contribution >= 4 is 5.91 Å². The Kier molecular flexibility index (Phi) is 34.9. The number of aliphatic hydroxyl groups excluding tert-OH is 7. The second-order valence-electron chi connectivity index (χ2n) is 16.1. The van der Waals surface area contributed by atoms with Gasteiger partial charge in [-0.05, 0) is 96.3 Å². The van der Waals surface area contributed by atoms with Crippen molar-refractivity contribution in [2.45, 2.75) is 223 Å². The number of allylic oxidation sites excluding steroid dienone is 10. The van der Waals surface area contributed by atoms with Crippen molar-refractivity contribution in [3.8, 4) is 0 Å². The summed E-state index contributed by atoms with van der Waals surface area (Å²) in [5.41, 5.74) is 0. The van der Waals surface area contributed by atoms with E-state index >= 15 is 0 Å². The molecule has 0 bridgehead atoms. The average Bonchev–Trinajstić information content (AvgIpc) is 3.23. The number of ether oxygens (including phenoxy) is 2. The molecule has 342 valence electrons. The Morgan fingerprint density at radius 2 is 1.07 bits per heavy atom. The van der Waals surface area contributed by atoms with Gasteiger partial charge in [0.2, 0.25) is 5.91 Å². The summed E-state index contributed by atoms with van der Waals surface area (Å²) < 4.78 is 11.1. The van der Waals surface area contributed by atoms with E-state index in [1.807, 2.05) is 0 Å². The number of amides is 1. The molecule has 1 fully saturated rings. The molecular weight excluding hydrogens is 751 g/mol. The molecule has 0 radical (unpaired) electrons. The predicted molar refractivity (Wildman–Crippen MR) is 238 cm³/mol. The Morgan fingerprint density at radius 3 is 1.61 bits per heavy atom. The standard InChI is InChI=1S/C48H85NO10/c1-3-5-7-9-11-13-15-17-19-21-23-25-27-29-31-33-35-40(51)43(53)39(38-58-48-46(56)45(55)44(54)42(37-50)59-48)49-47(57)41(52)36-34-32-30-28-26-24-22-20-18-16-14-12-10-8-6-4-2/h11-14,18-21,27,29,39-46,48,50-56H,3-10,15-17,22-26,28,30-38H2,1-2H3,(H,49,57)/b13-11+,14-12-,20-18-,21-19+,29-27+. The minimum atomic E-state index is -1.68. The zero-order valence-electron chi connectivity index (χ0n) is 36.7. The molecule has 59 heavy (non-hydrogen) atoms. The summed E-state index contributed by atoms with van der Waals surface area (Å²) in [6.07, 6.45) is 34.0. The molecular formula is C48H85NO10. The highest BCUT2D eigenvalue weighted by molar-refractivity contribution is 5.80. The SMILES string of the molecule is CCCCC/C=C\C/C=C\CCCCCCCCC(O)C(=O)NC(COC1OC(CO)C(O)C(O)C1O)C(O)C(O)CCC/C=C/CC/C=C/CC/C=C/CCCCC. The van der Waals surface area contributed by atoms with Gasteiger partial charge < -0.3 is 50.5 Å². The van der Waals surface area contributed by atoms with Crippen molar-refractivity contribution in [2.75, 3.05) is 13.2 Å². The van der Waals surface area contributed by atoms with E-state index in [-0.39, 0.29) is 12.8 Å². The summed E-state index contributed by atoms with van der Waals surface area (Å²) in [5.74, 6) is -0.725. The minimum Gasteiger partial charge on any atom is -0.394 e. The number of hydrogen-bond acceptors (Lipinski definition) is 10. The van der Waals surface area contributed by atoms with Gasteiger partial charge in [0.05, 0.1) is 25.4 Å². The van der Waals surface area contributed by atoms with E-state index in [2.05, 4.69) is 79.9 Å². The van der Waals surface area contributed by atoms with Gasteiger partial charge in [-0.2, -0.15) is 0 Å². The van der Waals surface area contributed by atoms with E-state index in [4.69, 9.17) is 9.47 Å². The number of unbranched alkanes of at least 4 members (excludes halogenated alkanes) is 15. The van der Waals surface area contributed by atoms with Crippen LogP contribution in [0.15, 0.2) is 60.8 Å². The van der Waals surface area contributed by atoms with E-state index < -0.39 is 74.2 Å². The quantitative estimate of drug-likeness (QED) is 0.0229. The third-order valence-electron chi connectivity index (χ3n) is 10.7. The number of nitrogens with one attached hydrogen (secondary N) is 1. The van der Waals surface area contributed by atoms with Crippen molar-refractivity contribution in [1.29, 1.82) is 0 Å². The van der Waals surface area contributed by atoms with E-state index in [1.54, 1.807) is 0 Å². The van der Waals surface area contributed by atoms with Gasteiger partial charge in [-0.15, -0.1) is 0 Å². The monoisotopic (exact) mass is 836 g/mol. The lowest BCUT2D eigenvalue weighted by atomic mass is 9.98. The predicted octanol–water partition coefficient (Wildman–Crippen LogP) is 7.55. The van der Waals surface area contributed by atoms with Crippen molar-refractivity contribution < 1.29 is 50.0 Å². The first-order valence-corrected chi connectivity index (χ1v) is 23.2. The molecule has 0 saturated carbocycles. The summed E-state index contributed by atoms with van der Waals surface area (Å²) in [6.45, 7) is 3.34. The zero-order chi connectivity index (χ0) is 43.4.